The van der Waals surface area contributed by atoms with E-state index in [1.807, 2.05) is 24.6 Å². The van der Waals surface area contributed by atoms with Crippen LogP contribution < -0.4 is 10.3 Å². The molecule has 0 spiro atoms. The summed E-state index contributed by atoms with van der Waals surface area (Å²) >= 11 is 0. The number of nitrogens with zero attached hydrogens (tertiary/aromatic N) is 3. The van der Waals surface area contributed by atoms with E-state index in [0.717, 1.165) is 31.9 Å². The Morgan fingerprint density at radius 2 is 1.71 bits per heavy atom. The summed E-state index contributed by atoms with van der Waals surface area (Å²) in [6, 6.07) is 11.9. The van der Waals surface area contributed by atoms with Crippen LogP contribution >= 0.6 is 0 Å². The van der Waals surface area contributed by atoms with Gasteiger partial charge in [-0.1, -0.05) is 18.2 Å². The zero-order chi connectivity index (χ0) is 17.3. The van der Waals surface area contributed by atoms with Gasteiger partial charge in [-0.05, 0) is 26.0 Å². The molecule has 0 aliphatic carbocycles. The molecule has 24 heavy (non-hydrogen) atoms. The average Bonchev–Trinajstić information content (AvgIpc) is 2.61. The van der Waals surface area contributed by atoms with Crippen LogP contribution in [0.2, 0.25) is 0 Å². The first kappa shape index (κ1) is 16.6. The van der Waals surface area contributed by atoms with Crippen molar-refractivity contribution < 1.29 is 5.11 Å². The molecule has 1 atom stereocenters. The molecule has 3 rings (SSSR count). The van der Waals surface area contributed by atoms with E-state index < -0.39 is 0 Å². The van der Waals surface area contributed by atoms with Gasteiger partial charge in [-0.25, -0.2) is 0 Å². The molecule has 2 heterocycles. The first-order valence-corrected chi connectivity index (χ1v) is 8.42. The monoisotopic (exact) mass is 327 g/mol. The number of anilines is 1. The van der Waals surface area contributed by atoms with Crippen LogP contribution in [0.5, 0.6) is 5.75 Å². The summed E-state index contributed by atoms with van der Waals surface area (Å²) in [7, 11) is 1.90. The summed E-state index contributed by atoms with van der Waals surface area (Å²) in [6.45, 7) is 7.63. The first-order chi connectivity index (χ1) is 11.5. The number of aromatic nitrogens is 1. The minimum absolute atomic E-state index is 0.000485. The third-order valence-electron chi connectivity index (χ3n) is 5.09. The van der Waals surface area contributed by atoms with E-state index >= 15 is 0 Å². The second kappa shape index (κ2) is 6.69. The van der Waals surface area contributed by atoms with Crippen molar-refractivity contribution in [3.8, 4) is 5.75 Å². The van der Waals surface area contributed by atoms with Crippen LogP contribution in [0.15, 0.2) is 41.2 Å². The minimum Gasteiger partial charge on any atom is -0.503 e. The Morgan fingerprint density at radius 3 is 2.33 bits per heavy atom. The molecular formula is C19H25N3O2. The van der Waals surface area contributed by atoms with Crippen LogP contribution in [-0.2, 0) is 7.05 Å². The first-order valence-electron chi connectivity index (χ1n) is 8.42. The van der Waals surface area contributed by atoms with Crippen LogP contribution in [0.1, 0.15) is 24.4 Å². The molecule has 1 aromatic carbocycles. The van der Waals surface area contributed by atoms with Gasteiger partial charge in [-0.3, -0.25) is 9.69 Å². The fourth-order valence-electron chi connectivity index (χ4n) is 3.49. The molecule has 5 nitrogen and oxygen atoms in total. The van der Waals surface area contributed by atoms with Crippen molar-refractivity contribution in [2.45, 2.75) is 19.9 Å². The molecule has 1 unspecified atom stereocenters. The van der Waals surface area contributed by atoms with Crippen molar-refractivity contribution in [1.29, 1.82) is 0 Å². The summed E-state index contributed by atoms with van der Waals surface area (Å²) in [5.41, 5.74) is 2.52. The second-order valence-electron chi connectivity index (χ2n) is 6.48. The van der Waals surface area contributed by atoms with Gasteiger partial charge in [0.25, 0.3) is 0 Å². The second-order valence-corrected chi connectivity index (χ2v) is 6.48. The van der Waals surface area contributed by atoms with Crippen LogP contribution in [0.25, 0.3) is 0 Å². The van der Waals surface area contributed by atoms with Crippen LogP contribution in [0, 0.1) is 6.92 Å². The molecular weight excluding hydrogens is 302 g/mol. The lowest BCUT2D eigenvalue weighted by Gasteiger charge is -2.39. The van der Waals surface area contributed by atoms with E-state index in [1.54, 1.807) is 0 Å². The van der Waals surface area contributed by atoms with E-state index in [9.17, 15) is 9.90 Å². The largest absolute Gasteiger partial charge is 0.503 e. The Balaban J connectivity index is 1.77. The van der Waals surface area contributed by atoms with E-state index in [-0.39, 0.29) is 17.2 Å². The smallest absolute Gasteiger partial charge is 0.223 e. The Labute approximate surface area is 142 Å². The standard InChI is InChI=1S/C19H25N3O2/c1-14-13-17(23)19(24)18(20(14)3)15(2)21-9-11-22(12-10-21)16-7-5-4-6-8-16/h4-8,13,15,24H,9-12H2,1-3H3. The maximum Gasteiger partial charge on any atom is 0.223 e. The van der Waals surface area contributed by atoms with Gasteiger partial charge >= 0.3 is 0 Å². The zero-order valence-electron chi connectivity index (χ0n) is 14.6. The Kier molecular flexibility index (Phi) is 4.62. The molecule has 1 aliphatic heterocycles. The van der Waals surface area contributed by atoms with Crippen molar-refractivity contribution in [1.82, 2.24) is 9.47 Å². The van der Waals surface area contributed by atoms with Gasteiger partial charge in [0.05, 0.1) is 11.7 Å². The number of rotatable bonds is 3. The lowest BCUT2D eigenvalue weighted by atomic mass is 10.1. The summed E-state index contributed by atoms with van der Waals surface area (Å²) < 4.78 is 1.92. The highest BCUT2D eigenvalue weighted by atomic mass is 16.3. The molecule has 1 aliphatic rings. The number of pyridine rings is 1. The van der Waals surface area contributed by atoms with Crippen LogP contribution in [-0.4, -0.2) is 40.8 Å². The highest BCUT2D eigenvalue weighted by molar-refractivity contribution is 5.46. The minimum atomic E-state index is -0.296. The Hall–Kier alpha value is -2.27. The molecule has 0 bridgehead atoms. The highest BCUT2D eigenvalue weighted by Gasteiger charge is 2.26. The predicted molar refractivity (Wildman–Crippen MR) is 96.7 cm³/mol. The van der Waals surface area contributed by atoms with Crippen molar-refractivity contribution in [2.24, 2.45) is 7.05 Å². The quantitative estimate of drug-likeness (QED) is 0.940. The molecule has 1 aromatic heterocycles. The molecule has 5 heteroatoms. The number of hydrogen-bond acceptors (Lipinski definition) is 4. The van der Waals surface area contributed by atoms with Crippen LogP contribution in [0.4, 0.5) is 5.69 Å². The van der Waals surface area contributed by atoms with Gasteiger partial charge in [0, 0.05) is 50.7 Å². The number of aromatic hydroxyl groups is 1. The van der Waals surface area contributed by atoms with Gasteiger partial charge in [-0.2, -0.15) is 0 Å². The average molecular weight is 327 g/mol. The molecule has 0 saturated carbocycles. The third-order valence-corrected chi connectivity index (χ3v) is 5.09. The summed E-state index contributed by atoms with van der Waals surface area (Å²) in [5.74, 6) is -0.124. The van der Waals surface area contributed by atoms with Crippen molar-refractivity contribution in [2.75, 3.05) is 31.1 Å². The van der Waals surface area contributed by atoms with E-state index in [4.69, 9.17) is 0 Å². The number of hydrogen-bond donors (Lipinski definition) is 1. The van der Waals surface area contributed by atoms with Gasteiger partial charge in [-0.15, -0.1) is 0 Å². The van der Waals surface area contributed by atoms with Gasteiger partial charge in [0.2, 0.25) is 5.43 Å². The SMILES string of the molecule is Cc1cc(=O)c(O)c(C(C)N2CCN(c3ccccc3)CC2)n1C. The maximum atomic E-state index is 11.9. The predicted octanol–water partition coefficient (Wildman–Crippen LogP) is 2.28. The normalized spacial score (nSPS) is 17.0. The fraction of sp³-hybridized carbons (Fsp3) is 0.421. The van der Waals surface area contributed by atoms with E-state index in [0.29, 0.717) is 5.69 Å². The molecule has 2 aromatic rings. The molecule has 1 fully saturated rings. The number of piperazine rings is 1. The Bertz CT molecular complexity index is 762. The van der Waals surface area contributed by atoms with Gasteiger partial charge in [0.1, 0.15) is 0 Å². The molecule has 0 radical (unpaired) electrons. The van der Waals surface area contributed by atoms with Crippen molar-refractivity contribution in [3.05, 3.63) is 58.0 Å². The summed E-state index contributed by atoms with van der Waals surface area (Å²) in [5, 5.41) is 10.3. The lowest BCUT2D eigenvalue weighted by molar-refractivity contribution is 0.188. The summed E-state index contributed by atoms with van der Waals surface area (Å²) in [6.07, 6.45) is 0. The molecule has 1 N–H and O–H groups in total. The molecule has 0 amide bonds. The van der Waals surface area contributed by atoms with Crippen LogP contribution in [0.3, 0.4) is 0 Å². The highest BCUT2D eigenvalue weighted by Crippen LogP contribution is 2.28. The number of para-hydroxylation sites is 1. The number of aryl methyl sites for hydroxylation is 1. The molecule has 1 saturated heterocycles. The lowest BCUT2D eigenvalue weighted by Crippen LogP contribution is -2.47. The fourth-order valence-corrected chi connectivity index (χ4v) is 3.49. The van der Waals surface area contributed by atoms with Gasteiger partial charge in [0.15, 0.2) is 5.75 Å². The number of benzene rings is 1. The van der Waals surface area contributed by atoms with E-state index in [2.05, 4.69) is 41.0 Å². The maximum absolute atomic E-state index is 11.9. The zero-order valence-corrected chi connectivity index (χ0v) is 14.6. The molecule has 128 valence electrons. The van der Waals surface area contributed by atoms with Crippen molar-refractivity contribution in [3.63, 3.8) is 0 Å². The Morgan fingerprint density at radius 1 is 1.08 bits per heavy atom. The third kappa shape index (κ3) is 3.04. The van der Waals surface area contributed by atoms with E-state index in [1.165, 1.54) is 11.8 Å². The summed E-state index contributed by atoms with van der Waals surface area (Å²) in [4.78, 5) is 16.6. The van der Waals surface area contributed by atoms with Gasteiger partial charge < -0.3 is 14.6 Å². The van der Waals surface area contributed by atoms with Crippen molar-refractivity contribution >= 4 is 5.69 Å². The topological polar surface area (TPSA) is 48.7 Å².